The molecule has 3 aliphatic rings. The minimum absolute atomic E-state index is 0.0105. The summed E-state index contributed by atoms with van der Waals surface area (Å²) in [5.74, 6) is -1.38. The fourth-order valence-corrected chi connectivity index (χ4v) is 8.62. The van der Waals surface area contributed by atoms with Gasteiger partial charge in [0.05, 0.1) is 44.2 Å². The third kappa shape index (κ3) is 10.9. The average molecular weight is 850 g/mol. The zero-order chi connectivity index (χ0) is 43.6. The molecule has 1 amide bonds. The summed E-state index contributed by atoms with van der Waals surface area (Å²) in [5.41, 5.74) is 6.09. The molecular formula is C50H59NO11. The SMILES string of the molecule is CC(=O)OC1[C@@H](OCC2O[C@H](OCCCNC(=O)OCC3c4ccccc4-c4ccccc43)C(OC(=O)c3ccccc3)[C@@H](C)[C@@H]2C)OC(COCc2ccccc2)[C@@H](C)[C@@H]1C. The summed E-state index contributed by atoms with van der Waals surface area (Å²) in [5, 5.41) is 2.84. The van der Waals surface area contributed by atoms with Gasteiger partial charge in [0.1, 0.15) is 6.61 Å². The Morgan fingerprint density at radius 2 is 1.16 bits per heavy atom. The molecule has 12 heteroatoms. The number of alkyl carbamates (subject to hydrolysis) is 1. The number of nitrogens with one attached hydrogen (secondary N) is 1. The van der Waals surface area contributed by atoms with Crippen molar-refractivity contribution in [3.05, 3.63) is 131 Å². The van der Waals surface area contributed by atoms with Gasteiger partial charge in [0, 0.05) is 31.2 Å². The summed E-state index contributed by atoms with van der Waals surface area (Å²) in [6, 6.07) is 35.1. The Labute approximate surface area is 364 Å². The molecule has 10 atom stereocenters. The van der Waals surface area contributed by atoms with Gasteiger partial charge in [-0.25, -0.2) is 9.59 Å². The van der Waals surface area contributed by atoms with Crippen LogP contribution in [-0.2, 0) is 49.3 Å². The first kappa shape index (κ1) is 44.9. The van der Waals surface area contributed by atoms with Crippen molar-refractivity contribution in [2.75, 3.05) is 33.0 Å². The Balaban J connectivity index is 0.954. The van der Waals surface area contributed by atoms with Crippen LogP contribution in [0.5, 0.6) is 0 Å². The normalized spacial score (nSPS) is 26.8. The number of carbonyl (C=O) groups excluding carboxylic acids is 3. The van der Waals surface area contributed by atoms with E-state index in [1.165, 1.54) is 6.92 Å². The van der Waals surface area contributed by atoms with E-state index in [2.05, 4.69) is 36.5 Å². The van der Waals surface area contributed by atoms with Gasteiger partial charge in [-0.05, 0) is 58.2 Å². The van der Waals surface area contributed by atoms with Crippen molar-refractivity contribution in [2.24, 2.45) is 23.7 Å². The van der Waals surface area contributed by atoms with E-state index in [0.717, 1.165) is 27.8 Å². The van der Waals surface area contributed by atoms with Crippen molar-refractivity contribution in [2.45, 2.75) is 90.6 Å². The molecule has 0 bridgehead atoms. The average Bonchev–Trinajstić information content (AvgIpc) is 3.61. The van der Waals surface area contributed by atoms with Crippen LogP contribution in [0.4, 0.5) is 4.79 Å². The van der Waals surface area contributed by atoms with E-state index in [-0.39, 0.29) is 55.5 Å². The Kier molecular flexibility index (Phi) is 15.4. The molecule has 2 saturated heterocycles. The maximum atomic E-state index is 13.3. The summed E-state index contributed by atoms with van der Waals surface area (Å²) in [6.07, 6.45) is -4.08. The Hall–Kier alpha value is -5.11. The summed E-state index contributed by atoms with van der Waals surface area (Å²) < 4.78 is 49.5. The lowest BCUT2D eigenvalue weighted by Crippen LogP contribution is -2.56. The number of rotatable bonds is 17. The molecule has 330 valence electrons. The third-order valence-corrected chi connectivity index (χ3v) is 12.6. The number of hydrogen-bond acceptors (Lipinski definition) is 11. The maximum Gasteiger partial charge on any atom is 0.407 e. The van der Waals surface area contributed by atoms with Crippen molar-refractivity contribution in [1.29, 1.82) is 0 Å². The molecule has 0 saturated carbocycles. The first-order chi connectivity index (χ1) is 30.1. The highest BCUT2D eigenvalue weighted by Gasteiger charge is 2.48. The van der Waals surface area contributed by atoms with E-state index >= 15 is 0 Å². The fourth-order valence-electron chi connectivity index (χ4n) is 8.62. The van der Waals surface area contributed by atoms with Crippen molar-refractivity contribution in [3.8, 4) is 11.1 Å². The third-order valence-electron chi connectivity index (χ3n) is 12.6. The van der Waals surface area contributed by atoms with Crippen LogP contribution >= 0.6 is 0 Å². The second-order valence-electron chi connectivity index (χ2n) is 16.6. The number of benzene rings is 4. The monoisotopic (exact) mass is 849 g/mol. The highest BCUT2D eigenvalue weighted by atomic mass is 16.7. The topological polar surface area (TPSA) is 137 Å². The molecule has 0 spiro atoms. The van der Waals surface area contributed by atoms with Crippen LogP contribution < -0.4 is 5.32 Å². The van der Waals surface area contributed by atoms with Gasteiger partial charge in [0.2, 0.25) is 0 Å². The van der Waals surface area contributed by atoms with E-state index in [0.29, 0.717) is 31.7 Å². The van der Waals surface area contributed by atoms with Crippen LogP contribution in [0.3, 0.4) is 0 Å². The Morgan fingerprint density at radius 3 is 1.79 bits per heavy atom. The largest absolute Gasteiger partial charge is 0.457 e. The molecule has 4 aromatic carbocycles. The summed E-state index contributed by atoms with van der Waals surface area (Å²) in [4.78, 5) is 38.5. The van der Waals surface area contributed by atoms with Gasteiger partial charge in [-0.1, -0.05) is 125 Å². The first-order valence-electron chi connectivity index (χ1n) is 21.8. The molecule has 0 radical (unpaired) electrons. The van der Waals surface area contributed by atoms with Crippen LogP contribution in [0.25, 0.3) is 11.1 Å². The van der Waals surface area contributed by atoms with Crippen LogP contribution in [0.15, 0.2) is 109 Å². The van der Waals surface area contributed by atoms with Gasteiger partial charge in [0.25, 0.3) is 0 Å². The van der Waals surface area contributed by atoms with E-state index in [9.17, 15) is 14.4 Å². The number of carbonyl (C=O) groups is 3. The van der Waals surface area contributed by atoms with Gasteiger partial charge in [0.15, 0.2) is 24.8 Å². The predicted molar refractivity (Wildman–Crippen MR) is 231 cm³/mol. The van der Waals surface area contributed by atoms with Crippen LogP contribution in [0.1, 0.15) is 74.0 Å². The first-order valence-corrected chi connectivity index (χ1v) is 21.8. The standard InChI is InChI=1S/C50H59NO11/c1-31-33(3)45(59-35(5)52)49(60-43(31)29-55-27-36-17-8-6-9-18-36)57-30-44-32(2)34(4)46(62-47(53)37-19-10-7-11-20-37)48(61-44)56-26-16-25-51-50(54)58-28-42-40-23-14-12-21-38(40)39-22-13-15-24-41(39)42/h6-15,17-24,31-34,42-46,48-49H,16,25-30H2,1-5H3,(H,51,54)/t31-,32-,33-,34-,43?,44?,45?,46?,48-,49-/m0/s1. The quantitative estimate of drug-likeness (QED) is 0.0624. The molecule has 1 N–H and O–H groups in total. The second-order valence-corrected chi connectivity index (χ2v) is 16.6. The van der Waals surface area contributed by atoms with Gasteiger partial charge >= 0.3 is 18.0 Å². The van der Waals surface area contributed by atoms with Crippen molar-refractivity contribution in [1.82, 2.24) is 5.32 Å². The van der Waals surface area contributed by atoms with E-state index in [1.54, 1.807) is 24.3 Å². The van der Waals surface area contributed by atoms with Gasteiger partial charge in [-0.2, -0.15) is 0 Å². The molecule has 4 unspecified atom stereocenters. The zero-order valence-corrected chi connectivity index (χ0v) is 36.2. The fraction of sp³-hybridized carbons (Fsp3) is 0.460. The van der Waals surface area contributed by atoms with Crippen LogP contribution in [0, 0.1) is 23.7 Å². The zero-order valence-electron chi connectivity index (χ0n) is 36.2. The molecule has 0 aromatic heterocycles. The van der Waals surface area contributed by atoms with Gasteiger partial charge in [-0.3, -0.25) is 4.79 Å². The Morgan fingerprint density at radius 1 is 0.613 bits per heavy atom. The molecule has 2 aliphatic heterocycles. The number of amides is 1. The lowest BCUT2D eigenvalue weighted by Gasteiger charge is -2.46. The van der Waals surface area contributed by atoms with Crippen LogP contribution in [-0.4, -0.2) is 88.0 Å². The molecular weight excluding hydrogens is 791 g/mol. The van der Waals surface area contributed by atoms with Gasteiger partial charge < -0.3 is 43.2 Å². The van der Waals surface area contributed by atoms with Crippen molar-refractivity contribution < 1.29 is 52.3 Å². The highest BCUT2D eigenvalue weighted by molar-refractivity contribution is 5.89. The minimum Gasteiger partial charge on any atom is -0.457 e. The second kappa shape index (κ2) is 21.3. The summed E-state index contributed by atoms with van der Waals surface area (Å²) in [6.45, 7) is 11.1. The maximum absolute atomic E-state index is 13.3. The highest BCUT2D eigenvalue weighted by Crippen LogP contribution is 2.44. The summed E-state index contributed by atoms with van der Waals surface area (Å²) in [7, 11) is 0. The molecule has 2 fully saturated rings. The molecule has 62 heavy (non-hydrogen) atoms. The molecule has 7 rings (SSSR count). The van der Waals surface area contributed by atoms with Crippen molar-refractivity contribution in [3.63, 3.8) is 0 Å². The lowest BCUT2D eigenvalue weighted by molar-refractivity contribution is -0.310. The number of fused-ring (bicyclic) bond motifs is 3. The van der Waals surface area contributed by atoms with Crippen molar-refractivity contribution >= 4 is 18.0 Å². The van der Waals surface area contributed by atoms with E-state index in [4.69, 9.17) is 37.9 Å². The summed E-state index contributed by atoms with van der Waals surface area (Å²) >= 11 is 0. The Bertz CT molecular complexity index is 2040. The molecule has 4 aromatic rings. The number of ether oxygens (including phenoxy) is 8. The smallest absolute Gasteiger partial charge is 0.407 e. The van der Waals surface area contributed by atoms with E-state index in [1.807, 2.05) is 81.4 Å². The number of esters is 2. The van der Waals surface area contributed by atoms with Crippen LogP contribution in [0.2, 0.25) is 0 Å². The molecule has 1 aliphatic carbocycles. The van der Waals surface area contributed by atoms with Gasteiger partial charge in [-0.15, -0.1) is 0 Å². The van der Waals surface area contributed by atoms with E-state index < -0.39 is 48.9 Å². The molecule has 2 heterocycles. The lowest BCUT2D eigenvalue weighted by atomic mass is 9.83. The number of hydrogen-bond donors (Lipinski definition) is 1. The minimum atomic E-state index is -0.938. The predicted octanol–water partition coefficient (Wildman–Crippen LogP) is 8.32. The molecule has 12 nitrogen and oxygen atoms in total.